The number of aryl methyl sites for hydroxylation is 1. The summed E-state index contributed by atoms with van der Waals surface area (Å²) in [5, 5.41) is 1.26. The highest BCUT2D eigenvalue weighted by Gasteiger charge is 2.30. The Balaban J connectivity index is 1.24. The van der Waals surface area contributed by atoms with Gasteiger partial charge in [0, 0.05) is 41.8 Å². The van der Waals surface area contributed by atoms with Crippen LogP contribution in [0.3, 0.4) is 0 Å². The molecule has 0 radical (unpaired) electrons. The molecule has 5 rings (SSSR count). The number of aromatic nitrogens is 1. The van der Waals surface area contributed by atoms with Gasteiger partial charge in [-0.3, -0.25) is 14.5 Å². The molecular formula is C33H43N3O5. The molecule has 220 valence electrons. The Morgan fingerprint density at radius 3 is 2.44 bits per heavy atom. The number of H-pyrrole nitrogens is 1. The molecule has 2 aliphatic rings. The lowest BCUT2D eigenvalue weighted by atomic mass is 9.88. The fourth-order valence-corrected chi connectivity index (χ4v) is 6.53. The summed E-state index contributed by atoms with van der Waals surface area (Å²) in [6, 6.07) is 12.8. The van der Waals surface area contributed by atoms with Crippen molar-refractivity contribution in [2.75, 3.05) is 53.6 Å². The summed E-state index contributed by atoms with van der Waals surface area (Å²) in [7, 11) is 3.31. The zero-order chi connectivity index (χ0) is 28.9. The number of fused-ring (bicyclic) bond motifs is 1. The minimum absolute atomic E-state index is 0.120. The van der Waals surface area contributed by atoms with E-state index >= 15 is 0 Å². The topological polar surface area (TPSA) is 84.1 Å². The van der Waals surface area contributed by atoms with Crippen molar-refractivity contribution in [3.8, 4) is 22.8 Å². The quantitative estimate of drug-likeness (QED) is 0.353. The molecule has 8 nitrogen and oxygen atoms in total. The van der Waals surface area contributed by atoms with Gasteiger partial charge in [0.05, 0.1) is 33.3 Å². The van der Waals surface area contributed by atoms with Crippen molar-refractivity contribution in [1.29, 1.82) is 0 Å². The molecule has 2 fully saturated rings. The maximum atomic E-state index is 13.1. The van der Waals surface area contributed by atoms with E-state index in [4.69, 9.17) is 14.2 Å². The monoisotopic (exact) mass is 561 g/mol. The molecule has 0 spiro atoms. The second kappa shape index (κ2) is 13.0. The number of aromatic amines is 1. The Kier molecular flexibility index (Phi) is 9.18. The number of ether oxygens (including phenoxy) is 3. The molecular weight excluding hydrogens is 518 g/mol. The third-order valence-electron chi connectivity index (χ3n) is 8.76. The van der Waals surface area contributed by atoms with Crippen LogP contribution in [0.1, 0.15) is 56.6 Å². The van der Waals surface area contributed by atoms with E-state index in [9.17, 15) is 9.59 Å². The molecule has 1 amide bonds. The minimum atomic E-state index is -0.132. The number of nitrogens with zero attached hydrogens (tertiary/aromatic N) is 2. The number of methoxy groups -OCH3 is 2. The van der Waals surface area contributed by atoms with Crippen LogP contribution in [-0.4, -0.2) is 80.2 Å². The van der Waals surface area contributed by atoms with Gasteiger partial charge < -0.3 is 24.1 Å². The normalized spacial score (nSPS) is 18.4. The number of piperidine rings is 2. The van der Waals surface area contributed by atoms with E-state index < -0.39 is 0 Å². The standard InChI is InChI=1S/C33H43N3O5/c1-5-26-27-18-23(9-11-28(27)34-32(26)24-10-12-29(39-3)30(19-24)40-4)22-13-16-36(17-14-22)31(37)21-35-15-7-8-25(20-35)33(38)41-6-2/h9-12,18-19,22,25,34H,5-8,13-17,20-21H2,1-4H3. The number of benzene rings is 2. The zero-order valence-corrected chi connectivity index (χ0v) is 24.8. The first-order valence-corrected chi connectivity index (χ1v) is 15.0. The van der Waals surface area contributed by atoms with Gasteiger partial charge in [0.25, 0.3) is 0 Å². The van der Waals surface area contributed by atoms with Crippen molar-refractivity contribution in [2.45, 2.75) is 51.9 Å². The Morgan fingerprint density at radius 1 is 0.951 bits per heavy atom. The van der Waals surface area contributed by atoms with Gasteiger partial charge in [0.15, 0.2) is 11.5 Å². The van der Waals surface area contributed by atoms with Crippen molar-refractivity contribution < 1.29 is 23.8 Å². The van der Waals surface area contributed by atoms with Gasteiger partial charge in [-0.05, 0) is 92.9 Å². The van der Waals surface area contributed by atoms with E-state index in [1.807, 2.05) is 24.0 Å². The molecule has 1 aromatic heterocycles. The molecule has 41 heavy (non-hydrogen) atoms. The number of likely N-dealkylation sites (tertiary alicyclic amines) is 2. The molecule has 8 heteroatoms. The summed E-state index contributed by atoms with van der Waals surface area (Å²) >= 11 is 0. The van der Waals surface area contributed by atoms with E-state index in [2.05, 4.69) is 41.1 Å². The van der Waals surface area contributed by atoms with E-state index in [0.29, 0.717) is 37.1 Å². The highest BCUT2D eigenvalue weighted by atomic mass is 16.5. The van der Waals surface area contributed by atoms with E-state index in [1.54, 1.807) is 14.2 Å². The van der Waals surface area contributed by atoms with Crippen molar-refractivity contribution in [2.24, 2.45) is 5.92 Å². The lowest BCUT2D eigenvalue weighted by molar-refractivity contribution is -0.150. The highest BCUT2D eigenvalue weighted by Crippen LogP contribution is 2.38. The molecule has 0 saturated carbocycles. The number of carbonyl (C=O) groups is 2. The number of carbonyl (C=O) groups excluding carboxylic acids is 2. The van der Waals surface area contributed by atoms with Crippen molar-refractivity contribution in [1.82, 2.24) is 14.8 Å². The summed E-state index contributed by atoms with van der Waals surface area (Å²) in [6.07, 6.45) is 4.59. The van der Waals surface area contributed by atoms with Gasteiger partial charge in [-0.25, -0.2) is 0 Å². The van der Waals surface area contributed by atoms with E-state index in [1.165, 1.54) is 16.5 Å². The minimum Gasteiger partial charge on any atom is -0.493 e. The lowest BCUT2D eigenvalue weighted by Crippen LogP contribution is -2.47. The van der Waals surface area contributed by atoms with Crippen LogP contribution >= 0.6 is 0 Å². The molecule has 0 aliphatic carbocycles. The molecule has 1 atom stereocenters. The molecule has 0 bridgehead atoms. The van der Waals surface area contributed by atoms with E-state index in [-0.39, 0.29) is 17.8 Å². The Morgan fingerprint density at radius 2 is 1.73 bits per heavy atom. The maximum absolute atomic E-state index is 13.1. The van der Waals surface area contributed by atoms with Crippen LogP contribution in [0.25, 0.3) is 22.2 Å². The number of nitrogens with one attached hydrogen (secondary N) is 1. The summed E-state index contributed by atoms with van der Waals surface area (Å²) in [5.74, 6) is 1.77. The molecule has 3 aromatic rings. The Bertz CT molecular complexity index is 1370. The number of hydrogen-bond donors (Lipinski definition) is 1. The predicted octanol–water partition coefficient (Wildman–Crippen LogP) is 5.40. The molecule has 3 heterocycles. The van der Waals surface area contributed by atoms with Gasteiger partial charge in [-0.15, -0.1) is 0 Å². The van der Waals surface area contributed by atoms with Crippen molar-refractivity contribution in [3.05, 3.63) is 47.5 Å². The highest BCUT2D eigenvalue weighted by molar-refractivity contribution is 5.91. The first-order valence-electron chi connectivity index (χ1n) is 15.0. The SMILES string of the molecule is CCOC(=O)C1CCCN(CC(=O)N2CCC(c3ccc4[nH]c(-c5ccc(OC)c(OC)c5)c(CC)c4c3)CC2)C1. The maximum Gasteiger partial charge on any atom is 0.310 e. The summed E-state index contributed by atoms with van der Waals surface area (Å²) < 4.78 is 16.2. The first kappa shape index (κ1) is 29.0. The molecule has 1 N–H and O–H groups in total. The van der Waals surface area contributed by atoms with Gasteiger partial charge >= 0.3 is 5.97 Å². The van der Waals surface area contributed by atoms with Crippen LogP contribution in [0.15, 0.2) is 36.4 Å². The average Bonchev–Trinajstić information content (AvgIpc) is 3.39. The molecule has 2 saturated heterocycles. The lowest BCUT2D eigenvalue weighted by Gasteiger charge is -2.36. The van der Waals surface area contributed by atoms with Gasteiger partial charge in [-0.1, -0.05) is 13.0 Å². The first-order chi connectivity index (χ1) is 19.9. The summed E-state index contributed by atoms with van der Waals surface area (Å²) in [6.45, 7) is 7.82. The van der Waals surface area contributed by atoms with Gasteiger partial charge in [0.2, 0.25) is 5.91 Å². The second-order valence-corrected chi connectivity index (χ2v) is 11.2. The van der Waals surface area contributed by atoms with Crippen LogP contribution in [0.2, 0.25) is 0 Å². The van der Waals surface area contributed by atoms with Crippen LogP contribution < -0.4 is 9.47 Å². The number of hydrogen-bond acceptors (Lipinski definition) is 6. The van der Waals surface area contributed by atoms with Gasteiger partial charge in [-0.2, -0.15) is 0 Å². The van der Waals surface area contributed by atoms with Gasteiger partial charge in [0.1, 0.15) is 0 Å². The number of rotatable bonds is 9. The number of amides is 1. The Hall–Kier alpha value is -3.52. The third kappa shape index (κ3) is 6.22. The Labute approximate surface area is 242 Å². The molecule has 2 aliphatic heterocycles. The van der Waals surface area contributed by atoms with E-state index in [0.717, 1.165) is 68.5 Å². The van der Waals surface area contributed by atoms with Crippen molar-refractivity contribution >= 4 is 22.8 Å². The van der Waals surface area contributed by atoms with Crippen LogP contribution in [0.4, 0.5) is 0 Å². The zero-order valence-electron chi connectivity index (χ0n) is 24.8. The predicted molar refractivity (Wildman–Crippen MR) is 161 cm³/mol. The largest absolute Gasteiger partial charge is 0.493 e. The van der Waals surface area contributed by atoms with Crippen LogP contribution in [0.5, 0.6) is 11.5 Å². The second-order valence-electron chi connectivity index (χ2n) is 11.2. The summed E-state index contributed by atoms with van der Waals surface area (Å²) in [4.78, 5) is 33.1. The molecule has 1 unspecified atom stereocenters. The van der Waals surface area contributed by atoms with Crippen LogP contribution in [-0.2, 0) is 20.7 Å². The van der Waals surface area contributed by atoms with Crippen LogP contribution in [0, 0.1) is 5.92 Å². The fraction of sp³-hybridized carbons (Fsp3) is 0.515. The third-order valence-corrected chi connectivity index (χ3v) is 8.76. The molecule has 2 aromatic carbocycles. The van der Waals surface area contributed by atoms with Crippen molar-refractivity contribution in [3.63, 3.8) is 0 Å². The average molecular weight is 562 g/mol. The summed E-state index contributed by atoms with van der Waals surface area (Å²) in [5.41, 5.74) is 5.95. The fourth-order valence-electron chi connectivity index (χ4n) is 6.53. The smallest absolute Gasteiger partial charge is 0.310 e. The number of esters is 1.